The van der Waals surface area contributed by atoms with Crippen molar-refractivity contribution < 1.29 is 10.2 Å². The van der Waals surface area contributed by atoms with Crippen molar-refractivity contribution in [3.63, 3.8) is 0 Å². The molecule has 7 heteroatoms. The molecule has 0 aliphatic carbocycles. The normalized spacial score (nSPS) is 21.2. The molecule has 1 fully saturated rings. The van der Waals surface area contributed by atoms with Gasteiger partial charge in [0.2, 0.25) is 5.95 Å². The summed E-state index contributed by atoms with van der Waals surface area (Å²) in [5.74, 6) is 2.00. The highest BCUT2D eigenvalue weighted by Gasteiger charge is 2.28. The Labute approximate surface area is 134 Å². The first-order valence-electron chi connectivity index (χ1n) is 7.83. The third kappa shape index (κ3) is 2.37. The molecule has 0 radical (unpaired) electrons. The third-order valence-corrected chi connectivity index (χ3v) is 4.67. The highest BCUT2D eigenvalue weighted by atomic mass is 35.5. The second-order valence-electron chi connectivity index (χ2n) is 6.19. The Morgan fingerprint density at radius 3 is 2.82 bits per heavy atom. The number of rotatable bonds is 1. The number of hydrogen-bond acceptors (Lipinski definition) is 3. The summed E-state index contributed by atoms with van der Waals surface area (Å²) in [6.07, 6.45) is 0. The quantitative estimate of drug-likeness (QED) is 0.696. The van der Waals surface area contributed by atoms with E-state index in [9.17, 15) is 0 Å². The molecule has 4 rings (SSSR count). The van der Waals surface area contributed by atoms with Crippen LogP contribution in [-0.2, 0) is 13.1 Å². The first-order valence-corrected chi connectivity index (χ1v) is 8.21. The fourth-order valence-electron chi connectivity index (χ4n) is 3.39. The molecule has 1 unspecified atom stereocenters. The van der Waals surface area contributed by atoms with Crippen LogP contribution in [0.25, 0.3) is 5.69 Å². The fraction of sp³-hybridized carbons (Fsp3) is 0.467. The number of aromatic nitrogens is 3. The van der Waals surface area contributed by atoms with Crippen LogP contribution < -0.4 is 15.1 Å². The van der Waals surface area contributed by atoms with Gasteiger partial charge in [0.15, 0.2) is 5.82 Å². The van der Waals surface area contributed by atoms with Crippen LogP contribution in [0.4, 0.5) is 5.95 Å². The molecule has 22 heavy (non-hydrogen) atoms. The summed E-state index contributed by atoms with van der Waals surface area (Å²) in [5.41, 5.74) is 2.43. The van der Waals surface area contributed by atoms with Crippen LogP contribution in [0.2, 0.25) is 5.02 Å². The van der Waals surface area contributed by atoms with Crippen molar-refractivity contribution in [2.24, 2.45) is 0 Å². The van der Waals surface area contributed by atoms with Gasteiger partial charge in [-0.15, -0.1) is 10.2 Å². The van der Waals surface area contributed by atoms with Gasteiger partial charge in [-0.25, -0.2) is 0 Å². The van der Waals surface area contributed by atoms with Crippen LogP contribution in [0.15, 0.2) is 18.2 Å². The Kier molecular flexibility index (Phi) is 3.52. The maximum absolute atomic E-state index is 6.20. The van der Waals surface area contributed by atoms with E-state index in [1.165, 1.54) is 16.2 Å². The molecule has 3 N–H and O–H groups in total. The molecule has 6 nitrogen and oxygen atoms in total. The molecule has 0 bridgehead atoms. The van der Waals surface area contributed by atoms with Crippen molar-refractivity contribution in [1.82, 2.24) is 14.8 Å². The number of nitrogens with one attached hydrogen (secondary N) is 1. The first-order chi connectivity index (χ1) is 10.7. The van der Waals surface area contributed by atoms with Crippen molar-refractivity contribution in [1.29, 1.82) is 0 Å². The maximum Gasteiger partial charge on any atom is 0.232 e. The van der Waals surface area contributed by atoms with Crippen LogP contribution in [-0.4, -0.2) is 48.0 Å². The van der Waals surface area contributed by atoms with Gasteiger partial charge >= 0.3 is 0 Å². The number of benzene rings is 1. The number of hydrogen-bond donors (Lipinski definition) is 2. The van der Waals surface area contributed by atoms with Crippen LogP contribution >= 0.6 is 11.6 Å². The van der Waals surface area contributed by atoms with Crippen molar-refractivity contribution in [3.8, 4) is 5.69 Å². The summed E-state index contributed by atoms with van der Waals surface area (Å²) in [6, 6.07) is 6.13. The summed E-state index contributed by atoms with van der Waals surface area (Å²) >= 11 is 6.20. The predicted molar refractivity (Wildman–Crippen MR) is 84.5 cm³/mol. The summed E-state index contributed by atoms with van der Waals surface area (Å²) in [6.45, 7) is 6.08. The van der Waals surface area contributed by atoms with E-state index in [1.807, 2.05) is 6.07 Å². The number of quaternary nitrogens is 2. The van der Waals surface area contributed by atoms with Crippen LogP contribution in [0, 0.1) is 0 Å². The lowest BCUT2D eigenvalue weighted by Crippen LogP contribution is -3.06. The minimum absolute atomic E-state index is 0.789. The molecule has 2 aromatic rings. The summed E-state index contributed by atoms with van der Waals surface area (Å²) < 4.78 is 2.23. The highest BCUT2D eigenvalue weighted by Crippen LogP contribution is 2.26. The second kappa shape index (κ2) is 5.53. The van der Waals surface area contributed by atoms with E-state index in [1.54, 1.807) is 0 Å². The van der Waals surface area contributed by atoms with Crippen molar-refractivity contribution in [2.75, 3.05) is 38.1 Å². The SMILES string of the molecule is C[NH+]1Cc2cc(Cl)ccc2-n2c(nnc2N2CC[NH2+]CC2)C1. The van der Waals surface area contributed by atoms with Gasteiger partial charge in [0.1, 0.15) is 13.1 Å². The molecule has 1 atom stereocenters. The molecule has 116 valence electrons. The lowest BCUT2D eigenvalue weighted by Gasteiger charge is -2.26. The number of nitrogens with two attached hydrogens (primary N) is 1. The molecule has 1 saturated heterocycles. The number of halogens is 1. The Bertz CT molecular complexity index is 691. The summed E-state index contributed by atoms with van der Waals surface area (Å²) in [5, 5.41) is 12.1. The van der Waals surface area contributed by atoms with Crippen molar-refractivity contribution >= 4 is 17.5 Å². The van der Waals surface area contributed by atoms with Crippen LogP contribution in [0.3, 0.4) is 0 Å². The number of anilines is 1. The average molecular weight is 321 g/mol. The van der Waals surface area contributed by atoms with Gasteiger partial charge in [-0.05, 0) is 18.2 Å². The summed E-state index contributed by atoms with van der Waals surface area (Å²) in [4.78, 5) is 3.74. The third-order valence-electron chi connectivity index (χ3n) is 4.44. The van der Waals surface area contributed by atoms with E-state index < -0.39 is 0 Å². The second-order valence-corrected chi connectivity index (χ2v) is 6.62. The molecule has 0 spiro atoms. The van der Waals surface area contributed by atoms with Gasteiger partial charge in [0.25, 0.3) is 0 Å². The molecule has 1 aromatic carbocycles. The number of fused-ring (bicyclic) bond motifs is 3. The largest absolute Gasteiger partial charge is 0.343 e. The van der Waals surface area contributed by atoms with Gasteiger partial charge in [0.05, 0.1) is 38.9 Å². The highest BCUT2D eigenvalue weighted by molar-refractivity contribution is 6.30. The molecule has 2 aliphatic rings. The predicted octanol–water partition coefficient (Wildman–Crippen LogP) is -1.17. The summed E-state index contributed by atoms with van der Waals surface area (Å²) in [7, 11) is 2.19. The minimum atomic E-state index is 0.789. The Morgan fingerprint density at radius 2 is 2.00 bits per heavy atom. The molecule has 0 amide bonds. The Morgan fingerprint density at radius 1 is 1.18 bits per heavy atom. The van der Waals surface area contributed by atoms with Gasteiger partial charge < -0.3 is 15.1 Å². The van der Waals surface area contributed by atoms with E-state index in [-0.39, 0.29) is 0 Å². The van der Waals surface area contributed by atoms with E-state index in [0.717, 1.165) is 56.1 Å². The van der Waals surface area contributed by atoms with Gasteiger partial charge in [-0.3, -0.25) is 4.57 Å². The van der Waals surface area contributed by atoms with E-state index in [2.05, 4.69) is 44.2 Å². The Hall–Kier alpha value is -1.63. The molecule has 3 heterocycles. The molecule has 0 saturated carbocycles. The van der Waals surface area contributed by atoms with Crippen LogP contribution in [0.5, 0.6) is 0 Å². The maximum atomic E-state index is 6.20. The Balaban J connectivity index is 1.85. The van der Waals surface area contributed by atoms with E-state index in [4.69, 9.17) is 11.6 Å². The fourth-order valence-corrected chi connectivity index (χ4v) is 3.59. The molecular weight excluding hydrogens is 300 g/mol. The van der Waals surface area contributed by atoms with Gasteiger partial charge in [-0.1, -0.05) is 11.6 Å². The van der Waals surface area contributed by atoms with Crippen LogP contribution in [0.1, 0.15) is 11.4 Å². The van der Waals surface area contributed by atoms with Crippen molar-refractivity contribution in [2.45, 2.75) is 13.1 Å². The zero-order valence-electron chi connectivity index (χ0n) is 12.7. The first kappa shape index (κ1) is 14.0. The zero-order valence-corrected chi connectivity index (χ0v) is 13.5. The van der Waals surface area contributed by atoms with Gasteiger partial charge in [0, 0.05) is 10.6 Å². The topological polar surface area (TPSA) is 55.0 Å². The average Bonchev–Trinajstić information content (AvgIpc) is 2.86. The zero-order chi connectivity index (χ0) is 15.1. The lowest BCUT2D eigenvalue weighted by atomic mass is 10.1. The molecule has 1 aromatic heterocycles. The molecule has 2 aliphatic heterocycles. The monoisotopic (exact) mass is 320 g/mol. The van der Waals surface area contributed by atoms with E-state index >= 15 is 0 Å². The molecular formula is C15H21ClN6+2. The standard InChI is InChI=1S/C15H19ClN6/c1-20-9-11-8-12(16)2-3-13(11)22-14(10-20)18-19-15(22)21-6-4-17-5-7-21/h2-3,8,17H,4-7,9-10H2,1H3/p+2. The van der Waals surface area contributed by atoms with Crippen molar-refractivity contribution in [3.05, 3.63) is 34.6 Å². The minimum Gasteiger partial charge on any atom is -0.343 e. The number of piperazine rings is 1. The lowest BCUT2D eigenvalue weighted by molar-refractivity contribution is -0.907. The van der Waals surface area contributed by atoms with Gasteiger partial charge in [-0.2, -0.15) is 0 Å². The van der Waals surface area contributed by atoms with E-state index in [0.29, 0.717) is 0 Å². The smallest absolute Gasteiger partial charge is 0.232 e. The number of nitrogens with zero attached hydrogens (tertiary/aromatic N) is 4.